The number of nitrogens with one attached hydrogen (secondary N) is 1. The lowest BCUT2D eigenvalue weighted by Crippen LogP contribution is -2.62. The number of benzene rings is 2. The summed E-state index contributed by atoms with van der Waals surface area (Å²) in [5.74, 6) is -1.56. The third-order valence-electron chi connectivity index (χ3n) is 4.13. The molecule has 2 atom stereocenters. The maximum absolute atomic E-state index is 12.3. The molecule has 0 radical (unpaired) electrons. The van der Waals surface area contributed by atoms with Gasteiger partial charge in [0.05, 0.1) is 5.54 Å². The summed E-state index contributed by atoms with van der Waals surface area (Å²) in [7, 11) is 0. The van der Waals surface area contributed by atoms with Gasteiger partial charge in [-0.1, -0.05) is 60.7 Å². The highest BCUT2D eigenvalue weighted by Gasteiger charge is 2.37. The lowest BCUT2D eigenvalue weighted by molar-refractivity contribution is -0.148. The molecule has 140 valence electrons. The molecule has 2 rings (SSSR count). The third-order valence-corrected chi connectivity index (χ3v) is 4.13. The average Bonchev–Trinajstić information content (AvgIpc) is 2.60. The van der Waals surface area contributed by atoms with Crippen molar-refractivity contribution in [1.29, 1.82) is 0 Å². The van der Waals surface area contributed by atoms with Crippen molar-refractivity contribution in [1.82, 2.24) is 10.4 Å². The van der Waals surface area contributed by atoms with E-state index in [1.165, 1.54) is 11.9 Å². The second-order valence-corrected chi connectivity index (χ2v) is 6.10. The normalized spacial score (nSPS) is 13.8. The fraction of sp³-hybridized carbons (Fsp3) is 0.263. The number of hydrogen-bond acceptors (Lipinski definition) is 4. The van der Waals surface area contributed by atoms with E-state index in [9.17, 15) is 9.59 Å². The Balaban J connectivity index is 0.00000338. The zero-order valence-corrected chi connectivity index (χ0v) is 15.6. The largest absolute Gasteiger partial charge is 0.479 e. The highest BCUT2D eigenvalue weighted by atomic mass is 35.5. The molecule has 0 aliphatic heterocycles. The Labute approximate surface area is 159 Å². The van der Waals surface area contributed by atoms with Gasteiger partial charge >= 0.3 is 5.97 Å². The number of nitrogens with zero attached hydrogens (tertiary/aromatic N) is 1. The van der Waals surface area contributed by atoms with E-state index in [0.717, 1.165) is 11.1 Å². The van der Waals surface area contributed by atoms with Gasteiger partial charge in [0.1, 0.15) is 0 Å². The molecule has 0 aliphatic rings. The topological polar surface area (TPSA) is 95.7 Å². The molecule has 0 saturated carbocycles. The minimum absolute atomic E-state index is 0. The van der Waals surface area contributed by atoms with E-state index >= 15 is 0 Å². The van der Waals surface area contributed by atoms with Gasteiger partial charge in [0.2, 0.25) is 5.91 Å². The minimum atomic E-state index is -1.39. The standard InChI is InChI=1S/C19H23N3O3.ClH/c1-14(23)22(21-17(20)18(24)25)19(2,16-11-7-4-8-12-16)13-15-9-5-3-6-10-15;/h3-12,17,21H,13,20H2,1-2H3,(H,24,25);1H. The second-order valence-electron chi connectivity index (χ2n) is 6.10. The number of nitrogens with two attached hydrogens (primary N) is 1. The number of carbonyl (C=O) groups is 2. The van der Waals surface area contributed by atoms with Crippen LogP contribution in [0, 0.1) is 0 Å². The third kappa shape index (κ3) is 5.05. The molecule has 2 aromatic carbocycles. The second kappa shape index (κ2) is 9.33. The van der Waals surface area contributed by atoms with Crippen LogP contribution in [-0.2, 0) is 21.5 Å². The van der Waals surface area contributed by atoms with Crippen molar-refractivity contribution in [3.05, 3.63) is 71.8 Å². The first-order chi connectivity index (χ1) is 11.8. The average molecular weight is 378 g/mol. The highest BCUT2D eigenvalue weighted by molar-refractivity contribution is 5.85. The Morgan fingerprint density at radius 3 is 2.08 bits per heavy atom. The predicted molar refractivity (Wildman–Crippen MR) is 102 cm³/mol. The smallest absolute Gasteiger partial charge is 0.337 e. The van der Waals surface area contributed by atoms with Gasteiger partial charge in [0.15, 0.2) is 6.17 Å². The summed E-state index contributed by atoms with van der Waals surface area (Å²) in [5, 5.41) is 10.4. The van der Waals surface area contributed by atoms with Gasteiger partial charge < -0.3 is 10.8 Å². The van der Waals surface area contributed by atoms with E-state index < -0.39 is 17.7 Å². The quantitative estimate of drug-likeness (QED) is 0.508. The highest BCUT2D eigenvalue weighted by Crippen LogP contribution is 2.31. The molecule has 1 amide bonds. The number of carboxylic acids is 1. The van der Waals surface area contributed by atoms with E-state index in [0.29, 0.717) is 6.42 Å². The van der Waals surface area contributed by atoms with Crippen LogP contribution in [-0.4, -0.2) is 28.2 Å². The molecule has 0 bridgehead atoms. The molecule has 0 saturated heterocycles. The summed E-state index contributed by atoms with van der Waals surface area (Å²) >= 11 is 0. The molecule has 0 fully saturated rings. The van der Waals surface area contributed by atoms with Crippen molar-refractivity contribution in [3.8, 4) is 0 Å². The summed E-state index contributed by atoms with van der Waals surface area (Å²) in [6.45, 7) is 3.27. The van der Waals surface area contributed by atoms with Crippen molar-refractivity contribution in [3.63, 3.8) is 0 Å². The van der Waals surface area contributed by atoms with Gasteiger partial charge in [-0.3, -0.25) is 9.80 Å². The number of carboxylic acid groups (broad SMARTS) is 1. The molecule has 7 heteroatoms. The van der Waals surface area contributed by atoms with Gasteiger partial charge in [0.25, 0.3) is 0 Å². The molecule has 0 aromatic heterocycles. The van der Waals surface area contributed by atoms with Crippen LogP contribution in [0.15, 0.2) is 60.7 Å². The maximum Gasteiger partial charge on any atom is 0.337 e. The number of halogens is 1. The predicted octanol–water partition coefficient (Wildman–Crippen LogP) is 2.29. The summed E-state index contributed by atoms with van der Waals surface area (Å²) in [4.78, 5) is 23.5. The zero-order valence-electron chi connectivity index (χ0n) is 14.8. The monoisotopic (exact) mass is 377 g/mol. The molecule has 0 spiro atoms. The molecule has 0 aliphatic carbocycles. The Kier molecular flexibility index (Phi) is 7.76. The SMILES string of the molecule is CC(=O)N(NC(N)C(=O)O)C(C)(Cc1ccccc1)c1ccccc1.Cl. The Hall–Kier alpha value is -2.41. The van der Waals surface area contributed by atoms with Crippen LogP contribution in [0.2, 0.25) is 0 Å². The number of hydrogen-bond donors (Lipinski definition) is 3. The first-order valence-electron chi connectivity index (χ1n) is 7.99. The molecular weight excluding hydrogens is 354 g/mol. The Morgan fingerprint density at radius 2 is 1.62 bits per heavy atom. The van der Waals surface area contributed by atoms with Crippen LogP contribution < -0.4 is 11.2 Å². The lowest BCUT2D eigenvalue weighted by atomic mass is 9.84. The van der Waals surface area contributed by atoms with Crippen LogP contribution >= 0.6 is 12.4 Å². The molecule has 4 N–H and O–H groups in total. The fourth-order valence-corrected chi connectivity index (χ4v) is 2.88. The molecule has 0 heterocycles. The van der Waals surface area contributed by atoms with Gasteiger partial charge in [0, 0.05) is 13.3 Å². The van der Waals surface area contributed by atoms with E-state index in [1.54, 1.807) is 0 Å². The van der Waals surface area contributed by atoms with Crippen LogP contribution in [0.1, 0.15) is 25.0 Å². The number of aliphatic carboxylic acids is 1. The molecule has 6 nitrogen and oxygen atoms in total. The van der Waals surface area contributed by atoms with Crippen LogP contribution in [0.25, 0.3) is 0 Å². The van der Waals surface area contributed by atoms with E-state index in [4.69, 9.17) is 10.8 Å². The van der Waals surface area contributed by atoms with Gasteiger partial charge in [-0.05, 0) is 18.1 Å². The molecule has 2 aromatic rings. The summed E-state index contributed by atoms with van der Waals surface area (Å²) in [5.41, 5.74) is 9.33. The van der Waals surface area contributed by atoms with Gasteiger partial charge in [-0.15, -0.1) is 12.4 Å². The van der Waals surface area contributed by atoms with Crippen LogP contribution in [0.3, 0.4) is 0 Å². The van der Waals surface area contributed by atoms with Crippen LogP contribution in [0.4, 0.5) is 0 Å². The van der Waals surface area contributed by atoms with E-state index in [2.05, 4.69) is 5.43 Å². The molecule has 26 heavy (non-hydrogen) atoms. The maximum atomic E-state index is 12.3. The Bertz CT molecular complexity index is 727. The number of hydrazine groups is 1. The summed E-state index contributed by atoms with van der Waals surface area (Å²) in [6.07, 6.45) is -0.890. The lowest BCUT2D eigenvalue weighted by Gasteiger charge is -2.42. The van der Waals surface area contributed by atoms with Crippen LogP contribution in [0.5, 0.6) is 0 Å². The fourth-order valence-electron chi connectivity index (χ4n) is 2.88. The first kappa shape index (κ1) is 21.6. The van der Waals surface area contributed by atoms with Crippen molar-refractivity contribution in [2.75, 3.05) is 0 Å². The zero-order chi connectivity index (χ0) is 18.4. The Morgan fingerprint density at radius 1 is 1.12 bits per heavy atom. The number of carbonyl (C=O) groups excluding carboxylic acids is 1. The number of amides is 1. The van der Waals surface area contributed by atoms with Crippen molar-refractivity contribution >= 4 is 24.3 Å². The van der Waals surface area contributed by atoms with E-state index in [-0.39, 0.29) is 18.3 Å². The first-order valence-corrected chi connectivity index (χ1v) is 7.99. The van der Waals surface area contributed by atoms with E-state index in [1.807, 2.05) is 67.6 Å². The molecule has 2 unspecified atom stereocenters. The number of rotatable bonds is 7. The minimum Gasteiger partial charge on any atom is -0.479 e. The van der Waals surface area contributed by atoms with Gasteiger partial charge in [-0.25, -0.2) is 10.2 Å². The van der Waals surface area contributed by atoms with Gasteiger partial charge in [-0.2, -0.15) is 0 Å². The summed E-state index contributed by atoms with van der Waals surface area (Å²) in [6, 6.07) is 19.2. The van der Waals surface area contributed by atoms with Crippen molar-refractivity contribution in [2.45, 2.75) is 32.0 Å². The summed E-state index contributed by atoms with van der Waals surface area (Å²) < 4.78 is 0. The molecular formula is C19H24ClN3O3. The van der Waals surface area contributed by atoms with Crippen molar-refractivity contribution < 1.29 is 14.7 Å². The van der Waals surface area contributed by atoms with Crippen molar-refractivity contribution in [2.24, 2.45) is 5.73 Å².